The molecular formula is C16H20N2. The first-order valence-electron chi connectivity index (χ1n) is 6.89. The Morgan fingerprint density at radius 3 is 2.72 bits per heavy atom. The monoisotopic (exact) mass is 240 g/mol. The van der Waals surface area contributed by atoms with E-state index in [2.05, 4.69) is 29.2 Å². The molecule has 1 aliphatic rings. The van der Waals surface area contributed by atoms with Gasteiger partial charge in [-0.2, -0.15) is 0 Å². The van der Waals surface area contributed by atoms with Crippen LogP contribution in [0.15, 0.2) is 36.7 Å². The predicted molar refractivity (Wildman–Crippen MR) is 75.6 cm³/mol. The van der Waals surface area contributed by atoms with Crippen LogP contribution in [0.2, 0.25) is 0 Å². The summed E-state index contributed by atoms with van der Waals surface area (Å²) in [6.07, 6.45) is 10.3. The van der Waals surface area contributed by atoms with Crippen LogP contribution < -0.4 is 5.73 Å². The molecule has 0 atom stereocenters. The second-order valence-electron chi connectivity index (χ2n) is 5.45. The Hall–Kier alpha value is -1.41. The van der Waals surface area contributed by atoms with Crippen molar-refractivity contribution in [1.82, 2.24) is 4.98 Å². The number of aromatic nitrogens is 1. The first kappa shape index (κ1) is 11.7. The molecule has 0 radical (unpaired) electrons. The summed E-state index contributed by atoms with van der Waals surface area (Å²) in [7, 11) is 0. The number of hydrogen-bond donors (Lipinski definition) is 1. The summed E-state index contributed by atoms with van der Waals surface area (Å²) in [5.74, 6) is 0. The van der Waals surface area contributed by atoms with Crippen molar-refractivity contribution < 1.29 is 0 Å². The van der Waals surface area contributed by atoms with Crippen molar-refractivity contribution in [3.8, 4) is 0 Å². The molecule has 1 saturated carbocycles. The fraction of sp³-hybridized carbons (Fsp3) is 0.438. The predicted octanol–water partition coefficient (Wildman–Crippen LogP) is 3.40. The van der Waals surface area contributed by atoms with Crippen molar-refractivity contribution in [2.45, 2.75) is 37.5 Å². The van der Waals surface area contributed by atoms with E-state index in [0.717, 1.165) is 6.54 Å². The van der Waals surface area contributed by atoms with E-state index in [9.17, 15) is 0 Å². The molecule has 0 unspecified atom stereocenters. The van der Waals surface area contributed by atoms with Crippen molar-refractivity contribution in [2.75, 3.05) is 6.54 Å². The van der Waals surface area contributed by atoms with Gasteiger partial charge in [0.2, 0.25) is 0 Å². The van der Waals surface area contributed by atoms with Crippen molar-refractivity contribution in [2.24, 2.45) is 5.73 Å². The minimum atomic E-state index is 0.181. The Labute approximate surface area is 108 Å². The fourth-order valence-electron chi connectivity index (χ4n) is 3.39. The van der Waals surface area contributed by atoms with Crippen LogP contribution in [0.1, 0.15) is 37.7 Å². The van der Waals surface area contributed by atoms with Crippen LogP contribution >= 0.6 is 0 Å². The molecule has 1 aromatic carbocycles. The van der Waals surface area contributed by atoms with E-state index in [1.807, 2.05) is 12.4 Å². The Morgan fingerprint density at radius 1 is 1.11 bits per heavy atom. The SMILES string of the molecule is NCC1(c2cccc3ccncc23)CCCCC1. The van der Waals surface area contributed by atoms with E-state index in [-0.39, 0.29) is 5.41 Å². The van der Waals surface area contributed by atoms with Gasteiger partial charge in [0, 0.05) is 29.7 Å². The van der Waals surface area contributed by atoms with Gasteiger partial charge in [0.15, 0.2) is 0 Å². The van der Waals surface area contributed by atoms with Gasteiger partial charge in [-0.3, -0.25) is 4.98 Å². The van der Waals surface area contributed by atoms with E-state index in [1.54, 1.807) is 0 Å². The maximum Gasteiger partial charge on any atom is 0.0349 e. The lowest BCUT2D eigenvalue weighted by atomic mass is 9.68. The third-order valence-electron chi connectivity index (χ3n) is 4.46. The van der Waals surface area contributed by atoms with Crippen LogP contribution in [0, 0.1) is 0 Å². The third kappa shape index (κ3) is 1.81. The number of nitrogens with zero attached hydrogens (tertiary/aromatic N) is 1. The maximum atomic E-state index is 6.14. The molecule has 3 rings (SSSR count). The van der Waals surface area contributed by atoms with E-state index < -0.39 is 0 Å². The lowest BCUT2D eigenvalue weighted by Gasteiger charge is -2.37. The molecule has 0 spiro atoms. The van der Waals surface area contributed by atoms with Gasteiger partial charge in [0.05, 0.1) is 0 Å². The summed E-state index contributed by atoms with van der Waals surface area (Å²) in [4.78, 5) is 4.29. The van der Waals surface area contributed by atoms with Gasteiger partial charge in [0.25, 0.3) is 0 Å². The Bertz CT molecular complexity index is 536. The average Bonchev–Trinajstić information content (AvgIpc) is 2.47. The largest absolute Gasteiger partial charge is 0.330 e. The number of pyridine rings is 1. The van der Waals surface area contributed by atoms with Gasteiger partial charge in [-0.1, -0.05) is 37.5 Å². The summed E-state index contributed by atoms with van der Waals surface area (Å²) in [6, 6.07) is 8.66. The molecule has 0 bridgehead atoms. The van der Waals surface area contributed by atoms with E-state index in [1.165, 1.54) is 48.4 Å². The average molecular weight is 240 g/mol. The Morgan fingerprint density at radius 2 is 1.94 bits per heavy atom. The number of rotatable bonds is 2. The number of fused-ring (bicyclic) bond motifs is 1. The second kappa shape index (κ2) is 4.69. The molecule has 0 amide bonds. The lowest BCUT2D eigenvalue weighted by Crippen LogP contribution is -2.37. The first-order chi connectivity index (χ1) is 8.86. The summed E-state index contributed by atoms with van der Waals surface area (Å²) in [6.45, 7) is 0.751. The number of nitrogens with two attached hydrogens (primary N) is 1. The molecule has 1 aromatic heterocycles. The topological polar surface area (TPSA) is 38.9 Å². The van der Waals surface area contributed by atoms with Crippen LogP contribution in [0.4, 0.5) is 0 Å². The zero-order chi connectivity index (χ0) is 12.4. The molecule has 1 heterocycles. The first-order valence-corrected chi connectivity index (χ1v) is 6.89. The van der Waals surface area contributed by atoms with Gasteiger partial charge < -0.3 is 5.73 Å². The number of hydrogen-bond acceptors (Lipinski definition) is 2. The highest BCUT2D eigenvalue weighted by atomic mass is 14.6. The van der Waals surface area contributed by atoms with Crippen LogP contribution in [-0.2, 0) is 5.41 Å². The molecule has 2 N–H and O–H groups in total. The Balaban J connectivity index is 2.17. The van der Waals surface area contributed by atoms with Gasteiger partial charge >= 0.3 is 0 Å². The van der Waals surface area contributed by atoms with Gasteiger partial charge in [0.1, 0.15) is 0 Å². The molecule has 0 aliphatic heterocycles. The maximum absolute atomic E-state index is 6.14. The van der Waals surface area contributed by atoms with Gasteiger partial charge in [-0.05, 0) is 29.9 Å². The molecule has 94 valence electrons. The third-order valence-corrected chi connectivity index (χ3v) is 4.46. The van der Waals surface area contributed by atoms with Crippen molar-refractivity contribution in [3.05, 3.63) is 42.2 Å². The standard InChI is InChI=1S/C16H20N2/c17-12-16(8-2-1-3-9-16)15-6-4-5-13-7-10-18-11-14(13)15/h4-7,10-11H,1-3,8-9,12,17H2. The van der Waals surface area contributed by atoms with Crippen molar-refractivity contribution in [3.63, 3.8) is 0 Å². The smallest absolute Gasteiger partial charge is 0.0349 e. The van der Waals surface area contributed by atoms with E-state index in [0.29, 0.717) is 0 Å². The molecular weight excluding hydrogens is 220 g/mol. The van der Waals surface area contributed by atoms with Crippen LogP contribution in [0.25, 0.3) is 10.8 Å². The lowest BCUT2D eigenvalue weighted by molar-refractivity contribution is 0.303. The summed E-state index contributed by atoms with van der Waals surface area (Å²) in [5, 5.41) is 2.56. The Kier molecular flexibility index (Phi) is 3.04. The number of benzene rings is 1. The van der Waals surface area contributed by atoms with Crippen LogP contribution in [0.5, 0.6) is 0 Å². The molecule has 2 nitrogen and oxygen atoms in total. The zero-order valence-electron chi connectivity index (χ0n) is 10.7. The zero-order valence-corrected chi connectivity index (χ0v) is 10.7. The van der Waals surface area contributed by atoms with Crippen molar-refractivity contribution >= 4 is 10.8 Å². The molecule has 1 fully saturated rings. The van der Waals surface area contributed by atoms with Crippen molar-refractivity contribution in [1.29, 1.82) is 0 Å². The summed E-state index contributed by atoms with van der Waals surface area (Å²) >= 11 is 0. The van der Waals surface area contributed by atoms with E-state index in [4.69, 9.17) is 5.73 Å². The van der Waals surface area contributed by atoms with E-state index >= 15 is 0 Å². The second-order valence-corrected chi connectivity index (χ2v) is 5.45. The van der Waals surface area contributed by atoms with Crippen LogP contribution in [-0.4, -0.2) is 11.5 Å². The molecule has 0 saturated heterocycles. The molecule has 2 heteroatoms. The minimum absolute atomic E-state index is 0.181. The normalized spacial score (nSPS) is 18.9. The molecule has 2 aromatic rings. The van der Waals surface area contributed by atoms with Gasteiger partial charge in [-0.15, -0.1) is 0 Å². The fourth-order valence-corrected chi connectivity index (χ4v) is 3.39. The summed E-state index contributed by atoms with van der Waals surface area (Å²) in [5.41, 5.74) is 7.73. The minimum Gasteiger partial charge on any atom is -0.330 e. The molecule has 1 aliphatic carbocycles. The van der Waals surface area contributed by atoms with Gasteiger partial charge in [-0.25, -0.2) is 0 Å². The highest BCUT2D eigenvalue weighted by Gasteiger charge is 2.33. The highest BCUT2D eigenvalue weighted by Crippen LogP contribution is 2.41. The summed E-state index contributed by atoms with van der Waals surface area (Å²) < 4.78 is 0. The quantitative estimate of drug-likeness (QED) is 0.873. The molecule has 18 heavy (non-hydrogen) atoms. The van der Waals surface area contributed by atoms with Crippen LogP contribution in [0.3, 0.4) is 0 Å². The highest BCUT2D eigenvalue weighted by molar-refractivity contribution is 5.85.